The van der Waals surface area contributed by atoms with E-state index in [-0.39, 0.29) is 5.60 Å². The molecule has 0 aliphatic rings. The Balaban J connectivity index is 2.75. The van der Waals surface area contributed by atoms with Gasteiger partial charge in [-0.2, -0.15) is 0 Å². The number of carbonyl (C=O) groups excluding carboxylic acids is 1. The molecular weight excluding hydrogens is 308 g/mol. The Morgan fingerprint density at radius 1 is 1.17 bits per heavy atom. The molecule has 0 radical (unpaired) electrons. The fourth-order valence-electron chi connectivity index (χ4n) is 2.16. The van der Waals surface area contributed by atoms with Crippen LogP contribution in [0.4, 0.5) is 0 Å². The third-order valence-corrected chi connectivity index (χ3v) is 3.93. The lowest BCUT2D eigenvalue weighted by Crippen LogP contribution is -2.51. The molecule has 23 heavy (non-hydrogen) atoms. The monoisotopic (exact) mass is 338 g/mol. The summed E-state index contributed by atoms with van der Waals surface area (Å²) < 4.78 is 11.6. The molecule has 0 aliphatic carbocycles. The lowest BCUT2D eigenvalue weighted by atomic mass is 10.0. The standard InChI is InChI=1S/C17H30N2O3Si/c1-17(2,3)21-13-9-7-12(8-10-13)11-14(18)15(16(19)20)22-23(4,5)6/h7-10,14-15H,11,18H2,1-6H3,(H2,19,20)/t14-,15?/m0/s1. The number of rotatable bonds is 7. The third-order valence-electron chi connectivity index (χ3n) is 2.97. The number of nitrogens with two attached hydrogens (primary N) is 2. The maximum absolute atomic E-state index is 11.6. The Morgan fingerprint density at radius 2 is 1.70 bits per heavy atom. The quantitative estimate of drug-likeness (QED) is 0.748. The van der Waals surface area contributed by atoms with Crippen molar-refractivity contribution in [1.29, 1.82) is 0 Å². The van der Waals surface area contributed by atoms with Gasteiger partial charge < -0.3 is 20.6 Å². The Hall–Kier alpha value is -1.37. The van der Waals surface area contributed by atoms with Crippen LogP contribution in [0.5, 0.6) is 5.75 Å². The molecule has 0 heterocycles. The summed E-state index contributed by atoms with van der Waals surface area (Å²) in [6.45, 7) is 12.0. The highest BCUT2D eigenvalue weighted by molar-refractivity contribution is 6.69. The predicted octanol–water partition coefficient (Wildman–Crippen LogP) is 2.44. The predicted molar refractivity (Wildman–Crippen MR) is 95.9 cm³/mol. The van der Waals surface area contributed by atoms with Gasteiger partial charge in [0.15, 0.2) is 8.32 Å². The van der Waals surface area contributed by atoms with Crippen LogP contribution in [0.25, 0.3) is 0 Å². The van der Waals surface area contributed by atoms with E-state index in [1.807, 2.05) is 64.7 Å². The summed E-state index contributed by atoms with van der Waals surface area (Å²) >= 11 is 0. The van der Waals surface area contributed by atoms with Gasteiger partial charge in [0.2, 0.25) is 5.91 Å². The molecular formula is C17H30N2O3Si. The van der Waals surface area contributed by atoms with E-state index in [1.165, 1.54) is 0 Å². The van der Waals surface area contributed by atoms with Gasteiger partial charge >= 0.3 is 0 Å². The van der Waals surface area contributed by atoms with Crippen LogP contribution in [0, 0.1) is 0 Å². The summed E-state index contributed by atoms with van der Waals surface area (Å²) in [5, 5.41) is 0. The highest BCUT2D eigenvalue weighted by Crippen LogP contribution is 2.20. The van der Waals surface area contributed by atoms with E-state index in [4.69, 9.17) is 20.6 Å². The van der Waals surface area contributed by atoms with E-state index in [0.29, 0.717) is 6.42 Å². The first-order valence-corrected chi connectivity index (χ1v) is 11.3. The second-order valence-corrected chi connectivity index (χ2v) is 12.2. The largest absolute Gasteiger partial charge is 0.488 e. The number of benzene rings is 1. The van der Waals surface area contributed by atoms with E-state index < -0.39 is 26.4 Å². The number of hydrogen-bond acceptors (Lipinski definition) is 4. The number of amides is 1. The Bertz CT molecular complexity index is 518. The summed E-state index contributed by atoms with van der Waals surface area (Å²) in [6.07, 6.45) is -0.236. The Labute approximate surface area is 140 Å². The van der Waals surface area contributed by atoms with Crippen molar-refractivity contribution in [2.75, 3.05) is 0 Å². The van der Waals surface area contributed by atoms with E-state index in [1.54, 1.807) is 0 Å². The van der Waals surface area contributed by atoms with Crippen molar-refractivity contribution in [3.8, 4) is 5.75 Å². The zero-order valence-electron chi connectivity index (χ0n) is 15.1. The van der Waals surface area contributed by atoms with Crippen LogP contribution < -0.4 is 16.2 Å². The van der Waals surface area contributed by atoms with E-state index in [9.17, 15) is 4.79 Å². The second-order valence-electron chi connectivity index (χ2n) is 7.78. The molecule has 1 amide bonds. The molecule has 0 saturated heterocycles. The Morgan fingerprint density at radius 3 is 2.09 bits per heavy atom. The molecule has 2 atom stereocenters. The number of primary amides is 1. The minimum atomic E-state index is -1.90. The van der Waals surface area contributed by atoms with Crippen LogP contribution in [-0.4, -0.2) is 32.0 Å². The fraction of sp³-hybridized carbons (Fsp3) is 0.588. The minimum absolute atomic E-state index is 0.236. The molecule has 1 rings (SSSR count). The first-order chi connectivity index (χ1) is 10.4. The number of carbonyl (C=O) groups is 1. The molecule has 1 unspecified atom stereocenters. The van der Waals surface area contributed by atoms with E-state index >= 15 is 0 Å². The van der Waals surface area contributed by atoms with Crippen molar-refractivity contribution in [3.05, 3.63) is 29.8 Å². The van der Waals surface area contributed by atoms with Crippen molar-refractivity contribution < 1.29 is 14.0 Å². The summed E-state index contributed by atoms with van der Waals surface area (Å²) in [5.41, 5.74) is 12.4. The van der Waals surface area contributed by atoms with Crippen LogP contribution in [0.3, 0.4) is 0 Å². The Kier molecular flexibility index (Phi) is 6.38. The maximum Gasteiger partial charge on any atom is 0.246 e. The molecule has 0 aliphatic heterocycles. The molecule has 6 heteroatoms. The van der Waals surface area contributed by atoms with Gasteiger partial charge in [-0.05, 0) is 64.5 Å². The first kappa shape index (κ1) is 19.7. The van der Waals surface area contributed by atoms with Gasteiger partial charge in [-0.25, -0.2) is 0 Å². The van der Waals surface area contributed by atoms with Crippen molar-refractivity contribution in [3.63, 3.8) is 0 Å². The molecule has 1 aromatic rings. The summed E-state index contributed by atoms with van der Waals surface area (Å²) in [7, 11) is -1.90. The minimum Gasteiger partial charge on any atom is -0.488 e. The zero-order chi connectivity index (χ0) is 17.8. The second kappa shape index (κ2) is 7.46. The van der Waals surface area contributed by atoms with Crippen LogP contribution in [0.2, 0.25) is 19.6 Å². The van der Waals surface area contributed by atoms with Gasteiger partial charge in [0, 0.05) is 6.04 Å². The van der Waals surface area contributed by atoms with Crippen molar-refractivity contribution in [1.82, 2.24) is 0 Å². The van der Waals surface area contributed by atoms with Gasteiger partial charge in [-0.15, -0.1) is 0 Å². The van der Waals surface area contributed by atoms with Gasteiger partial charge in [-0.3, -0.25) is 4.79 Å². The van der Waals surface area contributed by atoms with Crippen molar-refractivity contribution >= 4 is 14.2 Å². The number of hydrogen-bond donors (Lipinski definition) is 2. The van der Waals surface area contributed by atoms with Crippen LogP contribution >= 0.6 is 0 Å². The van der Waals surface area contributed by atoms with Crippen molar-refractivity contribution in [2.24, 2.45) is 11.5 Å². The van der Waals surface area contributed by atoms with Crippen LogP contribution in [0.1, 0.15) is 26.3 Å². The van der Waals surface area contributed by atoms with Crippen molar-refractivity contribution in [2.45, 2.75) is 64.6 Å². The summed E-state index contributed by atoms with van der Waals surface area (Å²) in [4.78, 5) is 11.6. The SMILES string of the molecule is CC(C)(C)Oc1ccc(C[C@H](N)C(O[Si](C)(C)C)C(N)=O)cc1. The van der Waals surface area contributed by atoms with Gasteiger partial charge in [0.25, 0.3) is 0 Å². The lowest BCUT2D eigenvalue weighted by molar-refractivity contribution is -0.125. The average molecular weight is 339 g/mol. The summed E-state index contributed by atoms with van der Waals surface area (Å²) in [6, 6.07) is 7.26. The third kappa shape index (κ3) is 7.63. The lowest BCUT2D eigenvalue weighted by Gasteiger charge is -2.28. The smallest absolute Gasteiger partial charge is 0.246 e. The molecule has 0 fully saturated rings. The molecule has 0 saturated carbocycles. The van der Waals surface area contributed by atoms with Gasteiger partial charge in [-0.1, -0.05) is 12.1 Å². The maximum atomic E-state index is 11.6. The van der Waals surface area contributed by atoms with Gasteiger partial charge in [0.05, 0.1) is 0 Å². The molecule has 1 aromatic carbocycles. The highest BCUT2D eigenvalue weighted by atomic mass is 28.4. The molecule has 0 bridgehead atoms. The first-order valence-electron chi connectivity index (χ1n) is 7.88. The fourth-order valence-corrected chi connectivity index (χ4v) is 3.22. The molecule has 0 aromatic heterocycles. The van der Waals surface area contributed by atoms with E-state index in [2.05, 4.69) is 0 Å². The normalized spacial score (nSPS) is 15.1. The van der Waals surface area contributed by atoms with E-state index in [0.717, 1.165) is 11.3 Å². The zero-order valence-corrected chi connectivity index (χ0v) is 16.1. The molecule has 4 N–H and O–H groups in total. The molecule has 5 nitrogen and oxygen atoms in total. The van der Waals surface area contributed by atoms with Crippen LogP contribution in [0.15, 0.2) is 24.3 Å². The van der Waals surface area contributed by atoms with Gasteiger partial charge in [0.1, 0.15) is 17.5 Å². The molecule has 130 valence electrons. The highest BCUT2D eigenvalue weighted by Gasteiger charge is 2.30. The topological polar surface area (TPSA) is 87.6 Å². The van der Waals surface area contributed by atoms with Crippen LogP contribution in [-0.2, 0) is 15.6 Å². The average Bonchev–Trinajstić information content (AvgIpc) is 2.35. The number of ether oxygens (including phenoxy) is 1. The summed E-state index contributed by atoms with van der Waals surface area (Å²) in [5.74, 6) is 0.298. The molecule has 0 spiro atoms.